The zero-order chi connectivity index (χ0) is 16.5. The molecule has 0 saturated carbocycles. The summed E-state index contributed by atoms with van der Waals surface area (Å²) in [5.74, 6) is -0.400. The molecule has 0 aliphatic heterocycles. The fourth-order valence-corrected chi connectivity index (χ4v) is 2.18. The smallest absolute Gasteiger partial charge is 0.258 e. The van der Waals surface area contributed by atoms with Gasteiger partial charge in [-0.05, 0) is 36.4 Å². The van der Waals surface area contributed by atoms with E-state index >= 15 is 0 Å². The zero-order valence-corrected chi connectivity index (χ0v) is 12.1. The minimum absolute atomic E-state index is 0.171. The quantitative estimate of drug-likeness (QED) is 0.578. The van der Waals surface area contributed by atoms with Crippen LogP contribution in [0.3, 0.4) is 0 Å². The number of hydrogen-bond acceptors (Lipinski definition) is 5. The van der Waals surface area contributed by atoms with E-state index < -0.39 is 5.82 Å². The molecule has 0 radical (unpaired) electrons. The van der Waals surface area contributed by atoms with Gasteiger partial charge in [-0.15, -0.1) is 5.10 Å². The molecule has 118 valence electrons. The number of benzene rings is 2. The lowest BCUT2D eigenvalue weighted by molar-refractivity contribution is 0.432. The van der Waals surface area contributed by atoms with Gasteiger partial charge in [0.2, 0.25) is 5.82 Å². The van der Waals surface area contributed by atoms with Gasteiger partial charge in [0.05, 0.1) is 11.9 Å². The molecule has 0 saturated heterocycles. The summed E-state index contributed by atoms with van der Waals surface area (Å²) in [4.78, 5) is 4.18. The van der Waals surface area contributed by atoms with Gasteiger partial charge >= 0.3 is 0 Å². The Morgan fingerprint density at radius 1 is 0.958 bits per heavy atom. The predicted octanol–water partition coefficient (Wildman–Crippen LogP) is 3.26. The first kappa shape index (κ1) is 14.2. The molecule has 0 bridgehead atoms. The van der Waals surface area contributed by atoms with Crippen LogP contribution in [0.2, 0.25) is 0 Å². The molecule has 4 aromatic rings. The van der Waals surface area contributed by atoms with Crippen LogP contribution in [0, 0.1) is 11.6 Å². The molecule has 0 N–H and O–H groups in total. The molecule has 6 nitrogen and oxygen atoms in total. The Morgan fingerprint density at radius 3 is 2.54 bits per heavy atom. The van der Waals surface area contributed by atoms with Crippen molar-refractivity contribution in [2.24, 2.45) is 0 Å². The first-order valence-electron chi connectivity index (χ1n) is 6.97. The molecule has 2 heterocycles. The molecule has 0 aliphatic carbocycles. The molecule has 2 aromatic carbocycles. The van der Waals surface area contributed by atoms with Crippen molar-refractivity contribution in [2.75, 3.05) is 0 Å². The average Bonchev–Trinajstić information content (AvgIpc) is 3.24. The fraction of sp³-hybridized carbons (Fsp3) is 0. The molecule has 24 heavy (non-hydrogen) atoms. The van der Waals surface area contributed by atoms with Crippen LogP contribution in [0.5, 0.6) is 0 Å². The average molecular weight is 325 g/mol. The van der Waals surface area contributed by atoms with Gasteiger partial charge < -0.3 is 4.52 Å². The van der Waals surface area contributed by atoms with Gasteiger partial charge in [-0.25, -0.2) is 13.5 Å². The van der Waals surface area contributed by atoms with Crippen molar-refractivity contribution < 1.29 is 13.3 Å². The van der Waals surface area contributed by atoms with Crippen LogP contribution >= 0.6 is 0 Å². The van der Waals surface area contributed by atoms with Crippen molar-refractivity contribution in [3.63, 3.8) is 0 Å². The maximum atomic E-state index is 13.3. The van der Waals surface area contributed by atoms with Crippen molar-refractivity contribution in [3.05, 3.63) is 66.4 Å². The highest BCUT2D eigenvalue weighted by molar-refractivity contribution is 5.56. The van der Waals surface area contributed by atoms with E-state index in [0.717, 1.165) is 0 Å². The second-order valence-corrected chi connectivity index (χ2v) is 4.96. The minimum Gasteiger partial charge on any atom is -0.334 e. The summed E-state index contributed by atoms with van der Waals surface area (Å²) in [6.07, 6.45) is 1.55. The van der Waals surface area contributed by atoms with Crippen molar-refractivity contribution >= 4 is 0 Å². The monoisotopic (exact) mass is 325 g/mol. The summed E-state index contributed by atoms with van der Waals surface area (Å²) < 4.78 is 33.1. The lowest BCUT2D eigenvalue weighted by Gasteiger charge is -1.98. The largest absolute Gasteiger partial charge is 0.334 e. The zero-order valence-electron chi connectivity index (χ0n) is 12.1. The summed E-state index contributed by atoms with van der Waals surface area (Å²) in [7, 11) is 0. The van der Waals surface area contributed by atoms with Gasteiger partial charge in [-0.2, -0.15) is 4.98 Å². The van der Waals surface area contributed by atoms with Gasteiger partial charge in [-0.3, -0.25) is 0 Å². The third-order valence-electron chi connectivity index (χ3n) is 3.29. The van der Waals surface area contributed by atoms with E-state index in [-0.39, 0.29) is 17.5 Å². The second-order valence-electron chi connectivity index (χ2n) is 4.96. The summed E-state index contributed by atoms with van der Waals surface area (Å²) in [6, 6.07) is 11.8. The molecule has 0 atom stereocenters. The first-order chi connectivity index (χ1) is 11.7. The second kappa shape index (κ2) is 5.65. The Kier molecular flexibility index (Phi) is 3.34. The summed E-state index contributed by atoms with van der Waals surface area (Å²) >= 11 is 0. The van der Waals surface area contributed by atoms with E-state index in [0.29, 0.717) is 16.9 Å². The molecule has 0 amide bonds. The van der Waals surface area contributed by atoms with Gasteiger partial charge in [0.25, 0.3) is 5.89 Å². The van der Waals surface area contributed by atoms with E-state index in [1.54, 1.807) is 30.5 Å². The maximum absolute atomic E-state index is 13.3. The lowest BCUT2D eigenvalue weighted by Crippen LogP contribution is -1.94. The molecular weight excluding hydrogens is 316 g/mol. The van der Waals surface area contributed by atoms with E-state index in [2.05, 4.69) is 20.5 Å². The van der Waals surface area contributed by atoms with E-state index in [1.807, 2.05) is 0 Å². The number of nitrogens with zero attached hydrogens (tertiary/aromatic N) is 5. The molecule has 8 heteroatoms. The Balaban J connectivity index is 1.66. The topological polar surface area (TPSA) is 69.6 Å². The Bertz CT molecular complexity index is 929. The van der Waals surface area contributed by atoms with E-state index in [9.17, 15) is 8.78 Å². The van der Waals surface area contributed by atoms with Crippen LogP contribution in [-0.4, -0.2) is 25.1 Å². The highest BCUT2D eigenvalue weighted by Gasteiger charge is 2.14. The molecular formula is C16H9F2N5O. The van der Waals surface area contributed by atoms with Gasteiger partial charge in [-0.1, -0.05) is 22.5 Å². The van der Waals surface area contributed by atoms with Gasteiger partial charge in [0, 0.05) is 5.56 Å². The Hall–Kier alpha value is -3.42. The standard InChI is InChI=1S/C16H9F2N5O/c17-11-4-1-3-10(7-11)16-19-15(21-24-16)14-9-23(22-20-14)13-6-2-5-12(18)8-13/h1-9H. The van der Waals surface area contributed by atoms with Crippen molar-refractivity contribution in [1.82, 2.24) is 25.1 Å². The number of hydrogen-bond donors (Lipinski definition) is 0. The highest BCUT2D eigenvalue weighted by atomic mass is 19.1. The van der Waals surface area contributed by atoms with Crippen LogP contribution in [0.25, 0.3) is 28.7 Å². The molecule has 0 unspecified atom stereocenters. The van der Waals surface area contributed by atoms with Crippen LogP contribution in [-0.2, 0) is 0 Å². The third kappa shape index (κ3) is 2.65. The van der Waals surface area contributed by atoms with Crippen molar-refractivity contribution in [2.45, 2.75) is 0 Å². The number of rotatable bonds is 3. The normalized spacial score (nSPS) is 10.9. The molecule has 0 fully saturated rings. The predicted molar refractivity (Wildman–Crippen MR) is 80.0 cm³/mol. The van der Waals surface area contributed by atoms with Crippen LogP contribution in [0.1, 0.15) is 0 Å². The molecule has 0 spiro atoms. The number of aromatic nitrogens is 5. The van der Waals surface area contributed by atoms with Crippen LogP contribution < -0.4 is 0 Å². The Labute approximate surface area is 134 Å². The fourth-order valence-electron chi connectivity index (χ4n) is 2.18. The van der Waals surface area contributed by atoms with Crippen LogP contribution in [0.4, 0.5) is 8.78 Å². The third-order valence-corrected chi connectivity index (χ3v) is 3.29. The summed E-state index contributed by atoms with van der Waals surface area (Å²) in [5.41, 5.74) is 1.33. The maximum Gasteiger partial charge on any atom is 0.258 e. The minimum atomic E-state index is -0.399. The number of halogens is 2. The van der Waals surface area contributed by atoms with Crippen molar-refractivity contribution in [3.8, 4) is 28.7 Å². The molecule has 4 rings (SSSR count). The van der Waals surface area contributed by atoms with Gasteiger partial charge in [0.1, 0.15) is 11.6 Å². The summed E-state index contributed by atoms with van der Waals surface area (Å²) in [6.45, 7) is 0. The SMILES string of the molecule is Fc1cccc(-c2nc(-c3cn(-c4cccc(F)c4)nn3)no2)c1. The highest BCUT2D eigenvalue weighted by Crippen LogP contribution is 2.22. The molecule has 2 aromatic heterocycles. The van der Waals surface area contributed by atoms with Crippen molar-refractivity contribution in [1.29, 1.82) is 0 Å². The summed E-state index contributed by atoms with van der Waals surface area (Å²) in [5, 5.41) is 11.7. The Morgan fingerprint density at radius 2 is 1.75 bits per heavy atom. The first-order valence-corrected chi connectivity index (χ1v) is 6.97. The molecule has 0 aliphatic rings. The van der Waals surface area contributed by atoms with E-state index in [4.69, 9.17) is 4.52 Å². The van der Waals surface area contributed by atoms with E-state index in [1.165, 1.54) is 28.9 Å². The van der Waals surface area contributed by atoms with Gasteiger partial charge in [0.15, 0.2) is 5.69 Å². The van der Waals surface area contributed by atoms with Crippen LogP contribution in [0.15, 0.2) is 59.3 Å². The lowest BCUT2D eigenvalue weighted by atomic mass is 10.2.